The van der Waals surface area contributed by atoms with Crippen LogP contribution in [0.1, 0.15) is 30.6 Å². The van der Waals surface area contributed by atoms with Crippen molar-refractivity contribution >= 4 is 23.2 Å². The largest absolute Gasteiger partial charge is 0.339 e. The van der Waals surface area contributed by atoms with Crippen LogP contribution in [0.15, 0.2) is 36.0 Å². The number of likely N-dealkylation sites (tertiary alicyclic amines) is 1. The van der Waals surface area contributed by atoms with Gasteiger partial charge in [-0.3, -0.25) is 9.69 Å². The van der Waals surface area contributed by atoms with Gasteiger partial charge in [-0.15, -0.1) is 11.3 Å². The molecule has 1 amide bonds. The monoisotopic (exact) mass is 399 g/mol. The van der Waals surface area contributed by atoms with Crippen LogP contribution in [-0.4, -0.2) is 71.0 Å². The predicted octanol–water partition coefficient (Wildman–Crippen LogP) is 2.67. The number of carbonyl (C=O) groups is 1. The van der Waals surface area contributed by atoms with Gasteiger partial charge in [0.25, 0.3) is 0 Å². The molecule has 4 rings (SSSR count). The van der Waals surface area contributed by atoms with E-state index in [1.807, 2.05) is 17.4 Å². The van der Waals surface area contributed by atoms with Gasteiger partial charge in [0.1, 0.15) is 0 Å². The number of anilines is 1. The summed E-state index contributed by atoms with van der Waals surface area (Å²) in [4.78, 5) is 29.8. The van der Waals surface area contributed by atoms with Gasteiger partial charge in [0.05, 0.1) is 6.54 Å². The molecule has 0 bridgehead atoms. The van der Waals surface area contributed by atoms with Crippen LogP contribution in [0.3, 0.4) is 0 Å². The zero-order chi connectivity index (χ0) is 19.2. The highest BCUT2D eigenvalue weighted by Gasteiger charge is 2.28. The summed E-state index contributed by atoms with van der Waals surface area (Å²) in [5, 5.41) is 2.14. The van der Waals surface area contributed by atoms with E-state index < -0.39 is 0 Å². The smallest absolute Gasteiger partial charge is 0.236 e. The summed E-state index contributed by atoms with van der Waals surface area (Å²) in [6.45, 7) is 4.98. The Kier molecular flexibility index (Phi) is 6.54. The van der Waals surface area contributed by atoms with E-state index in [0.29, 0.717) is 18.5 Å². The maximum atomic E-state index is 13.0. The fourth-order valence-electron chi connectivity index (χ4n) is 4.24. The summed E-state index contributed by atoms with van der Waals surface area (Å²) in [5.41, 5.74) is 0. The van der Waals surface area contributed by atoms with Crippen molar-refractivity contribution in [1.82, 2.24) is 19.8 Å². The lowest BCUT2D eigenvalue weighted by Gasteiger charge is -2.39. The Morgan fingerprint density at radius 3 is 2.64 bits per heavy atom. The number of hydrogen-bond acceptors (Lipinski definition) is 6. The Hall–Kier alpha value is -1.99. The molecule has 0 radical (unpaired) electrons. The normalized spacial score (nSPS) is 21.1. The first-order chi connectivity index (χ1) is 13.8. The highest BCUT2D eigenvalue weighted by Crippen LogP contribution is 2.23. The van der Waals surface area contributed by atoms with Gasteiger partial charge in [0, 0.05) is 56.0 Å². The number of hydrogen-bond donors (Lipinski definition) is 0. The second-order valence-electron chi connectivity index (χ2n) is 7.67. The zero-order valence-electron chi connectivity index (χ0n) is 16.4. The number of rotatable bonds is 6. The van der Waals surface area contributed by atoms with Crippen molar-refractivity contribution in [2.75, 3.05) is 44.2 Å². The van der Waals surface area contributed by atoms with Crippen molar-refractivity contribution in [3.05, 3.63) is 40.8 Å². The Morgan fingerprint density at radius 2 is 1.89 bits per heavy atom. The molecular weight excluding hydrogens is 370 g/mol. The van der Waals surface area contributed by atoms with Crippen LogP contribution in [0.4, 0.5) is 5.95 Å². The molecule has 4 heterocycles. The van der Waals surface area contributed by atoms with Gasteiger partial charge >= 0.3 is 0 Å². The van der Waals surface area contributed by atoms with Crippen molar-refractivity contribution in [2.24, 2.45) is 0 Å². The van der Waals surface area contributed by atoms with Crippen LogP contribution in [0, 0.1) is 0 Å². The van der Waals surface area contributed by atoms with Gasteiger partial charge < -0.3 is 9.80 Å². The number of carbonyl (C=O) groups excluding carboxylic acids is 1. The highest BCUT2D eigenvalue weighted by atomic mass is 32.1. The van der Waals surface area contributed by atoms with E-state index in [-0.39, 0.29) is 0 Å². The Bertz CT molecular complexity index is 731. The quantitative estimate of drug-likeness (QED) is 0.748. The first-order valence-corrected chi connectivity index (χ1v) is 11.2. The molecule has 0 aliphatic carbocycles. The van der Waals surface area contributed by atoms with Gasteiger partial charge in [0.2, 0.25) is 11.9 Å². The van der Waals surface area contributed by atoms with Gasteiger partial charge in [0.15, 0.2) is 0 Å². The van der Waals surface area contributed by atoms with Crippen LogP contribution < -0.4 is 4.90 Å². The zero-order valence-corrected chi connectivity index (χ0v) is 17.2. The minimum atomic E-state index is 0.306. The number of nitrogens with zero attached hydrogens (tertiary/aromatic N) is 5. The molecule has 2 aliphatic rings. The van der Waals surface area contributed by atoms with Crippen molar-refractivity contribution in [1.29, 1.82) is 0 Å². The van der Waals surface area contributed by atoms with E-state index in [9.17, 15) is 4.79 Å². The maximum Gasteiger partial charge on any atom is 0.236 e. The summed E-state index contributed by atoms with van der Waals surface area (Å²) in [6.07, 6.45) is 9.27. The molecule has 1 unspecified atom stereocenters. The van der Waals surface area contributed by atoms with Gasteiger partial charge in [-0.2, -0.15) is 0 Å². The molecule has 0 spiro atoms. The molecule has 2 aromatic rings. The molecule has 150 valence electrons. The average molecular weight is 400 g/mol. The maximum absolute atomic E-state index is 13.0. The molecule has 1 atom stereocenters. The highest BCUT2D eigenvalue weighted by molar-refractivity contribution is 7.09. The van der Waals surface area contributed by atoms with Crippen LogP contribution in [0.2, 0.25) is 0 Å². The summed E-state index contributed by atoms with van der Waals surface area (Å²) in [7, 11) is 0. The lowest BCUT2D eigenvalue weighted by molar-refractivity contribution is -0.136. The van der Waals surface area contributed by atoms with Crippen molar-refractivity contribution in [3.63, 3.8) is 0 Å². The molecule has 0 N–H and O–H groups in total. The van der Waals surface area contributed by atoms with E-state index in [2.05, 4.69) is 42.2 Å². The standard InChI is InChI=1S/C21H29N5OS/c27-20(17-24-12-14-25(15-13-24)21-22-9-4-10-23-21)26-11-2-1-5-18(26)7-8-19-6-3-16-28-19/h3-4,6,9-10,16,18H,1-2,5,7-8,11-15,17H2. The topological polar surface area (TPSA) is 52.6 Å². The van der Waals surface area contributed by atoms with Crippen LogP contribution in [-0.2, 0) is 11.2 Å². The van der Waals surface area contributed by atoms with Gasteiger partial charge in [-0.25, -0.2) is 9.97 Å². The number of thiophene rings is 1. The molecule has 2 aromatic heterocycles. The Labute approximate surface area is 171 Å². The molecule has 2 fully saturated rings. The SMILES string of the molecule is O=C(CN1CCN(c2ncccn2)CC1)N1CCCCC1CCc1cccs1. The van der Waals surface area contributed by atoms with Gasteiger partial charge in [-0.05, 0) is 49.6 Å². The first kappa shape index (κ1) is 19.3. The van der Waals surface area contributed by atoms with Crippen molar-refractivity contribution < 1.29 is 4.79 Å². The molecule has 28 heavy (non-hydrogen) atoms. The third kappa shape index (κ3) is 4.89. The first-order valence-electron chi connectivity index (χ1n) is 10.4. The van der Waals surface area contributed by atoms with Crippen LogP contribution >= 0.6 is 11.3 Å². The number of piperidine rings is 1. The van der Waals surface area contributed by atoms with E-state index in [4.69, 9.17) is 0 Å². The molecule has 7 heteroatoms. The van der Waals surface area contributed by atoms with E-state index in [1.165, 1.54) is 11.3 Å². The Morgan fingerprint density at radius 1 is 1.07 bits per heavy atom. The second kappa shape index (κ2) is 9.47. The number of amides is 1. The minimum absolute atomic E-state index is 0.306. The second-order valence-corrected chi connectivity index (χ2v) is 8.70. The number of aryl methyl sites for hydroxylation is 1. The van der Waals surface area contributed by atoms with Gasteiger partial charge in [-0.1, -0.05) is 6.07 Å². The molecule has 2 saturated heterocycles. The molecular formula is C21H29N5OS. The third-order valence-electron chi connectivity index (χ3n) is 5.82. The predicted molar refractivity (Wildman–Crippen MR) is 113 cm³/mol. The Balaban J connectivity index is 1.27. The molecule has 0 aromatic carbocycles. The average Bonchev–Trinajstić information content (AvgIpc) is 3.27. The molecule has 0 saturated carbocycles. The van der Waals surface area contributed by atoms with Crippen LogP contribution in [0.25, 0.3) is 0 Å². The summed E-state index contributed by atoms with van der Waals surface area (Å²) >= 11 is 1.82. The fourth-order valence-corrected chi connectivity index (χ4v) is 4.96. The number of aromatic nitrogens is 2. The van der Waals surface area contributed by atoms with E-state index >= 15 is 0 Å². The van der Waals surface area contributed by atoms with E-state index in [0.717, 1.165) is 64.4 Å². The van der Waals surface area contributed by atoms with Crippen LogP contribution in [0.5, 0.6) is 0 Å². The summed E-state index contributed by atoms with van der Waals surface area (Å²) < 4.78 is 0. The lowest BCUT2D eigenvalue weighted by atomic mass is 9.97. The van der Waals surface area contributed by atoms with Crippen molar-refractivity contribution in [3.8, 4) is 0 Å². The minimum Gasteiger partial charge on any atom is -0.339 e. The van der Waals surface area contributed by atoms with E-state index in [1.54, 1.807) is 12.4 Å². The third-order valence-corrected chi connectivity index (χ3v) is 6.75. The molecule has 2 aliphatic heterocycles. The molecule has 6 nitrogen and oxygen atoms in total. The number of piperazine rings is 1. The summed E-state index contributed by atoms with van der Waals surface area (Å²) in [5.74, 6) is 1.10. The summed E-state index contributed by atoms with van der Waals surface area (Å²) in [6, 6.07) is 6.56. The lowest BCUT2D eigenvalue weighted by Crippen LogP contribution is -2.52. The van der Waals surface area contributed by atoms with Crippen molar-refractivity contribution in [2.45, 2.75) is 38.1 Å². The fraction of sp³-hybridized carbons (Fsp3) is 0.571.